The third kappa shape index (κ3) is 6.54. The van der Waals surface area contributed by atoms with Crippen LogP contribution in [-0.4, -0.2) is 68.4 Å². The summed E-state index contributed by atoms with van der Waals surface area (Å²) < 4.78 is 11.8. The number of aliphatic hydroxyl groups is 1. The van der Waals surface area contributed by atoms with Gasteiger partial charge in [0.2, 0.25) is 5.91 Å². The van der Waals surface area contributed by atoms with Crippen LogP contribution in [0.4, 0.5) is 5.69 Å². The Morgan fingerprint density at radius 2 is 2.07 bits per heavy atom. The van der Waals surface area contributed by atoms with Crippen molar-refractivity contribution < 1.29 is 24.2 Å². The number of aliphatic hydroxyl groups excluding tert-OH is 1. The van der Waals surface area contributed by atoms with Crippen molar-refractivity contribution in [2.75, 3.05) is 45.3 Å². The molecule has 2 aromatic rings. The average molecular weight is 621 g/mol. The van der Waals surface area contributed by atoms with E-state index in [1.54, 1.807) is 24.1 Å². The maximum Gasteiger partial charge on any atom is 0.313 e. The Morgan fingerprint density at radius 1 is 1.25 bits per heavy atom. The molecule has 8 heteroatoms. The van der Waals surface area contributed by atoms with E-state index in [1.807, 2.05) is 24.3 Å². The fraction of sp³-hybridized carbons (Fsp3) is 0.500. The van der Waals surface area contributed by atoms with Crippen LogP contribution in [-0.2, 0) is 26.2 Å². The van der Waals surface area contributed by atoms with Crippen LogP contribution in [0.2, 0.25) is 5.02 Å². The molecule has 1 heterocycles. The normalized spacial score (nSPS) is 23.6. The van der Waals surface area contributed by atoms with Gasteiger partial charge in [-0.25, -0.2) is 0 Å². The SMILES string of the molecule is C=CCCN(C)C(=O)C[C@@H](C(=O)OC)c1ccc2c(c1)N(C[C@@H]1CC[C@H]1[C@@H](O)C=C)C[C@@]1(CCCc3cc(Cl)ccc31)CO2. The zero-order valence-electron chi connectivity index (χ0n) is 26.0. The lowest BCUT2D eigenvalue weighted by atomic mass is 9.68. The monoisotopic (exact) mass is 620 g/mol. The van der Waals surface area contributed by atoms with Crippen LogP contribution in [0.15, 0.2) is 61.7 Å². The van der Waals surface area contributed by atoms with E-state index < -0.39 is 18.0 Å². The summed E-state index contributed by atoms with van der Waals surface area (Å²) in [6, 6.07) is 12.0. The molecule has 5 atom stereocenters. The van der Waals surface area contributed by atoms with E-state index in [1.165, 1.54) is 18.2 Å². The van der Waals surface area contributed by atoms with Crippen molar-refractivity contribution in [3.05, 3.63) is 83.4 Å². The molecule has 1 saturated carbocycles. The number of halogens is 1. The first-order valence-electron chi connectivity index (χ1n) is 15.7. The smallest absolute Gasteiger partial charge is 0.313 e. The van der Waals surface area contributed by atoms with Gasteiger partial charge >= 0.3 is 5.97 Å². The fourth-order valence-corrected chi connectivity index (χ4v) is 7.49. The van der Waals surface area contributed by atoms with Crippen LogP contribution < -0.4 is 9.64 Å². The molecule has 0 bridgehead atoms. The number of hydrogen-bond acceptors (Lipinski definition) is 6. The summed E-state index contributed by atoms with van der Waals surface area (Å²) in [4.78, 5) is 30.3. The summed E-state index contributed by atoms with van der Waals surface area (Å²) in [7, 11) is 3.10. The highest BCUT2D eigenvalue weighted by atomic mass is 35.5. The maximum absolute atomic E-state index is 13.1. The van der Waals surface area contributed by atoms with Crippen molar-refractivity contribution in [3.8, 4) is 5.75 Å². The number of aryl methyl sites for hydroxylation is 1. The number of fused-ring (bicyclic) bond motifs is 3. The number of esters is 1. The van der Waals surface area contributed by atoms with Crippen molar-refractivity contribution in [1.82, 2.24) is 4.90 Å². The minimum absolute atomic E-state index is 0.00819. The van der Waals surface area contributed by atoms with Crippen LogP contribution in [0.3, 0.4) is 0 Å². The van der Waals surface area contributed by atoms with E-state index in [0.29, 0.717) is 25.5 Å². The molecule has 1 spiro atoms. The summed E-state index contributed by atoms with van der Waals surface area (Å²) in [5.74, 6) is -0.121. The number of benzene rings is 2. The summed E-state index contributed by atoms with van der Waals surface area (Å²) in [5, 5.41) is 11.4. The molecule has 236 valence electrons. The minimum Gasteiger partial charge on any atom is -0.490 e. The molecule has 1 N–H and O–H groups in total. The highest BCUT2D eigenvalue weighted by molar-refractivity contribution is 6.30. The van der Waals surface area contributed by atoms with Gasteiger partial charge in [0.1, 0.15) is 5.75 Å². The van der Waals surface area contributed by atoms with Gasteiger partial charge in [-0.3, -0.25) is 9.59 Å². The molecule has 0 unspecified atom stereocenters. The number of carbonyl (C=O) groups excluding carboxylic acids is 2. The second kappa shape index (κ2) is 13.8. The van der Waals surface area contributed by atoms with Gasteiger partial charge in [-0.1, -0.05) is 35.9 Å². The van der Waals surface area contributed by atoms with Crippen molar-refractivity contribution >= 4 is 29.2 Å². The largest absolute Gasteiger partial charge is 0.490 e. The fourth-order valence-electron chi connectivity index (χ4n) is 7.30. The summed E-state index contributed by atoms with van der Waals surface area (Å²) >= 11 is 6.41. The number of nitrogens with zero attached hydrogens (tertiary/aromatic N) is 2. The van der Waals surface area contributed by atoms with Crippen LogP contribution in [0.25, 0.3) is 0 Å². The van der Waals surface area contributed by atoms with Crippen molar-refractivity contribution in [1.29, 1.82) is 0 Å². The number of methoxy groups -OCH3 is 1. The van der Waals surface area contributed by atoms with Gasteiger partial charge in [0.25, 0.3) is 0 Å². The first-order valence-corrected chi connectivity index (χ1v) is 16.1. The highest BCUT2D eigenvalue weighted by Gasteiger charge is 2.44. The molecule has 2 aromatic carbocycles. The van der Waals surface area contributed by atoms with Crippen molar-refractivity contribution in [2.45, 2.75) is 62.4 Å². The number of anilines is 1. The lowest BCUT2D eigenvalue weighted by molar-refractivity contribution is -0.145. The zero-order valence-corrected chi connectivity index (χ0v) is 26.7. The lowest BCUT2D eigenvalue weighted by Crippen LogP contribution is -2.49. The van der Waals surface area contributed by atoms with Crippen LogP contribution >= 0.6 is 11.6 Å². The Balaban J connectivity index is 1.52. The molecule has 0 aromatic heterocycles. The standard InChI is InChI=1S/C36H45ClN2O5/c1-5-7-17-38(3)34(41)20-29(35(42)43-4)24-11-15-33-31(19-24)39(21-26-10-13-28(26)32(40)6-2)22-36(23-44-33)16-8-9-25-18-27(37)12-14-30(25)36/h5-6,11-12,14-15,18-19,26,28-29,32,40H,1-2,7-10,13,16-17,20-23H2,3-4H3/t26-,28+,29+,32-,36-/m0/s1. The van der Waals surface area contributed by atoms with Gasteiger partial charge in [-0.2, -0.15) is 0 Å². The van der Waals surface area contributed by atoms with E-state index in [0.717, 1.165) is 67.2 Å². The summed E-state index contributed by atoms with van der Waals surface area (Å²) in [6.45, 7) is 10.1. The Labute approximate surface area is 266 Å². The predicted molar refractivity (Wildman–Crippen MR) is 174 cm³/mol. The summed E-state index contributed by atoms with van der Waals surface area (Å²) in [5.41, 5.74) is 3.94. The number of hydrogen-bond donors (Lipinski definition) is 1. The first-order chi connectivity index (χ1) is 21.2. The Bertz CT molecular complexity index is 1390. The number of amides is 1. The Kier molecular flexibility index (Phi) is 10.1. The summed E-state index contributed by atoms with van der Waals surface area (Å²) in [6.07, 6.45) is 8.56. The minimum atomic E-state index is -0.750. The first kappa shape index (κ1) is 32.1. The van der Waals surface area contributed by atoms with Crippen LogP contribution in [0.1, 0.15) is 61.1 Å². The third-order valence-corrected chi connectivity index (χ3v) is 10.3. The topological polar surface area (TPSA) is 79.3 Å². The quantitative estimate of drug-likeness (QED) is 0.243. The van der Waals surface area contributed by atoms with Gasteiger partial charge in [0, 0.05) is 43.5 Å². The zero-order chi connectivity index (χ0) is 31.4. The maximum atomic E-state index is 13.1. The highest BCUT2D eigenvalue weighted by Crippen LogP contribution is 2.47. The number of rotatable bonds is 11. The van der Waals surface area contributed by atoms with Gasteiger partial charge in [0.05, 0.1) is 31.4 Å². The van der Waals surface area contributed by atoms with E-state index in [-0.39, 0.29) is 23.7 Å². The molecule has 44 heavy (non-hydrogen) atoms. The van der Waals surface area contributed by atoms with Crippen molar-refractivity contribution in [2.24, 2.45) is 11.8 Å². The van der Waals surface area contributed by atoms with E-state index in [9.17, 15) is 14.7 Å². The molecule has 2 aliphatic carbocycles. The predicted octanol–water partition coefficient (Wildman–Crippen LogP) is 6.07. The molecule has 3 aliphatic rings. The van der Waals surface area contributed by atoms with E-state index in [2.05, 4.69) is 30.2 Å². The number of ether oxygens (including phenoxy) is 2. The average Bonchev–Trinajstić information content (AvgIpc) is 3.16. The van der Waals surface area contributed by atoms with Crippen molar-refractivity contribution in [3.63, 3.8) is 0 Å². The lowest BCUT2D eigenvalue weighted by Gasteiger charge is -2.45. The van der Waals surface area contributed by atoms with Gasteiger partial charge in [0.15, 0.2) is 0 Å². The molecular formula is C36H45ClN2O5. The molecule has 0 saturated heterocycles. The third-order valence-electron chi connectivity index (χ3n) is 10.0. The molecule has 0 radical (unpaired) electrons. The van der Waals surface area contributed by atoms with Crippen LogP contribution in [0.5, 0.6) is 5.75 Å². The molecule has 7 nitrogen and oxygen atoms in total. The van der Waals surface area contributed by atoms with Crippen LogP contribution in [0, 0.1) is 11.8 Å². The molecular weight excluding hydrogens is 576 g/mol. The Hall–Kier alpha value is -3.29. The second-order valence-corrected chi connectivity index (χ2v) is 13.2. The molecule has 1 fully saturated rings. The second-order valence-electron chi connectivity index (χ2n) is 12.7. The van der Waals surface area contributed by atoms with Gasteiger partial charge < -0.3 is 24.4 Å². The number of carbonyl (C=O) groups is 2. The molecule has 1 aliphatic heterocycles. The van der Waals surface area contributed by atoms with Gasteiger partial charge in [-0.15, -0.1) is 13.2 Å². The van der Waals surface area contributed by atoms with Gasteiger partial charge in [-0.05, 0) is 91.3 Å². The van der Waals surface area contributed by atoms with E-state index in [4.69, 9.17) is 21.1 Å². The Morgan fingerprint density at radius 3 is 2.77 bits per heavy atom. The van der Waals surface area contributed by atoms with E-state index >= 15 is 0 Å². The molecule has 1 amide bonds. The molecule has 5 rings (SSSR count).